The highest BCUT2D eigenvalue weighted by atomic mass is 19.3. The van der Waals surface area contributed by atoms with Crippen LogP contribution in [-0.4, -0.2) is 30.9 Å². The van der Waals surface area contributed by atoms with Gasteiger partial charge in [0.1, 0.15) is 5.78 Å². The lowest BCUT2D eigenvalue weighted by Crippen LogP contribution is -2.32. The Kier molecular flexibility index (Phi) is 8.32. The fourth-order valence-corrected chi connectivity index (χ4v) is 2.29. The highest BCUT2D eigenvalue weighted by Gasteiger charge is 2.34. The summed E-state index contributed by atoms with van der Waals surface area (Å²) in [5, 5.41) is 10.4. The quantitative estimate of drug-likeness (QED) is 0.569. The second-order valence-electron chi connectivity index (χ2n) is 4.22. The minimum atomic E-state index is -2.58. The number of carbonyl (C=O) groups is 1. The number of halogens is 3. The normalized spacial score (nSPS) is 21.2. The minimum Gasteiger partial charge on any atom is -0.299 e. The predicted octanol–water partition coefficient (Wildman–Crippen LogP) is 2.88. The van der Waals surface area contributed by atoms with Gasteiger partial charge in [0.05, 0.1) is 7.18 Å². The molecule has 0 aromatic rings. The van der Waals surface area contributed by atoms with E-state index in [9.17, 15) is 28.1 Å². The fraction of sp³-hybridized carbons (Fsp3) is 0.909. The molecule has 0 amide bonds. The summed E-state index contributed by atoms with van der Waals surface area (Å²) in [5.74, 6) is -1.42. The SMILES string of the molecule is CF.O=C1CCCC[C@H]1[C@H](CC(F)F)C[N+](=O)[O-]. The Hall–Kier alpha value is -1.14. The zero-order chi connectivity index (χ0) is 14.1. The van der Waals surface area contributed by atoms with Crippen molar-refractivity contribution in [3.63, 3.8) is 0 Å². The van der Waals surface area contributed by atoms with E-state index in [0.29, 0.717) is 20.0 Å². The molecule has 0 radical (unpaired) electrons. The molecule has 0 spiro atoms. The highest BCUT2D eigenvalue weighted by molar-refractivity contribution is 5.81. The number of hydrogen-bond donors (Lipinski definition) is 0. The number of nitrogens with zero attached hydrogens (tertiary/aromatic N) is 1. The molecule has 4 nitrogen and oxygen atoms in total. The van der Waals surface area contributed by atoms with Gasteiger partial charge in [0.2, 0.25) is 13.0 Å². The summed E-state index contributed by atoms with van der Waals surface area (Å²) < 4.78 is 34.1. The summed E-state index contributed by atoms with van der Waals surface area (Å²) in [6.45, 7) is -0.527. The molecule has 0 aromatic heterocycles. The van der Waals surface area contributed by atoms with Gasteiger partial charge in [0.25, 0.3) is 0 Å². The lowest BCUT2D eigenvalue weighted by molar-refractivity contribution is -0.490. The van der Waals surface area contributed by atoms with Gasteiger partial charge in [-0.05, 0) is 12.8 Å². The molecular weight excluding hydrogens is 251 g/mol. The van der Waals surface area contributed by atoms with Crippen molar-refractivity contribution in [2.24, 2.45) is 11.8 Å². The fourth-order valence-electron chi connectivity index (χ4n) is 2.29. The molecule has 0 bridgehead atoms. The lowest BCUT2D eigenvalue weighted by Gasteiger charge is -2.26. The number of ketones is 1. The number of carbonyl (C=O) groups excluding carboxylic acids is 1. The maximum atomic E-state index is 12.3. The van der Waals surface area contributed by atoms with Crippen LogP contribution in [0, 0.1) is 22.0 Å². The summed E-state index contributed by atoms with van der Waals surface area (Å²) in [6, 6.07) is 0. The summed E-state index contributed by atoms with van der Waals surface area (Å²) >= 11 is 0. The standard InChI is InChI=1S/C10H15F2NO3.CH3F/c11-10(12)5-7(6-13(15)16)8-3-1-2-4-9(8)14;1-2/h7-8,10H,1-6H2;1H3/t7-,8+;/m1./s1. The van der Waals surface area contributed by atoms with Crippen LogP contribution >= 0.6 is 0 Å². The van der Waals surface area contributed by atoms with Crippen molar-refractivity contribution >= 4 is 5.78 Å². The summed E-state index contributed by atoms with van der Waals surface area (Å²) in [4.78, 5) is 21.3. The van der Waals surface area contributed by atoms with Gasteiger partial charge in [0, 0.05) is 29.6 Å². The third kappa shape index (κ3) is 5.97. The summed E-state index contributed by atoms with van der Waals surface area (Å²) in [6.07, 6.45) is -0.660. The average Bonchev–Trinajstić information content (AvgIpc) is 2.30. The molecule has 0 heterocycles. The van der Waals surface area contributed by atoms with Gasteiger partial charge < -0.3 is 0 Å². The average molecular weight is 269 g/mol. The molecule has 0 N–H and O–H groups in total. The first-order chi connectivity index (χ1) is 8.50. The first kappa shape index (κ1) is 16.9. The third-order valence-corrected chi connectivity index (χ3v) is 3.04. The highest BCUT2D eigenvalue weighted by Crippen LogP contribution is 2.30. The first-order valence-electron chi connectivity index (χ1n) is 5.81. The Labute approximate surface area is 104 Å². The maximum absolute atomic E-state index is 12.3. The molecule has 1 fully saturated rings. The van der Waals surface area contributed by atoms with E-state index < -0.39 is 36.2 Å². The van der Waals surface area contributed by atoms with Crippen LogP contribution < -0.4 is 0 Å². The van der Waals surface area contributed by atoms with Crippen molar-refractivity contribution < 1.29 is 22.9 Å². The largest absolute Gasteiger partial charge is 0.299 e. The number of Topliss-reactive ketones (excluding diaryl/α,β-unsaturated/α-hetero) is 1. The van der Waals surface area contributed by atoms with Crippen LogP contribution in [0.3, 0.4) is 0 Å². The van der Waals surface area contributed by atoms with Gasteiger partial charge in [-0.1, -0.05) is 6.42 Å². The molecule has 1 saturated carbocycles. The Bertz CT molecular complexity index is 274. The molecule has 0 unspecified atom stereocenters. The van der Waals surface area contributed by atoms with Gasteiger partial charge in [-0.15, -0.1) is 0 Å². The topological polar surface area (TPSA) is 60.2 Å². The lowest BCUT2D eigenvalue weighted by atomic mass is 9.77. The van der Waals surface area contributed by atoms with E-state index in [2.05, 4.69) is 0 Å². The number of rotatable bonds is 5. The maximum Gasteiger partial charge on any atom is 0.239 e. The number of alkyl halides is 3. The zero-order valence-electron chi connectivity index (χ0n) is 10.3. The summed E-state index contributed by atoms with van der Waals surface area (Å²) in [5.41, 5.74) is 0. The van der Waals surface area contributed by atoms with Crippen LogP contribution in [0.2, 0.25) is 0 Å². The second kappa shape index (κ2) is 8.88. The van der Waals surface area contributed by atoms with E-state index in [-0.39, 0.29) is 5.78 Å². The zero-order valence-corrected chi connectivity index (χ0v) is 10.3. The first-order valence-corrected chi connectivity index (χ1v) is 5.81. The monoisotopic (exact) mass is 269 g/mol. The van der Waals surface area contributed by atoms with Gasteiger partial charge in [-0.3, -0.25) is 19.3 Å². The van der Waals surface area contributed by atoms with E-state index in [1.807, 2.05) is 0 Å². The van der Waals surface area contributed by atoms with Crippen LogP contribution in [0.4, 0.5) is 13.2 Å². The molecule has 1 aliphatic carbocycles. The van der Waals surface area contributed by atoms with Gasteiger partial charge >= 0.3 is 0 Å². The molecule has 0 saturated heterocycles. The molecule has 18 heavy (non-hydrogen) atoms. The van der Waals surface area contributed by atoms with Crippen molar-refractivity contribution in [3.05, 3.63) is 10.1 Å². The van der Waals surface area contributed by atoms with Crippen molar-refractivity contribution in [1.82, 2.24) is 0 Å². The smallest absolute Gasteiger partial charge is 0.239 e. The van der Waals surface area contributed by atoms with Gasteiger partial charge in [-0.2, -0.15) is 0 Å². The van der Waals surface area contributed by atoms with Gasteiger partial charge in [0.15, 0.2) is 0 Å². The Balaban J connectivity index is 0.00000137. The third-order valence-electron chi connectivity index (χ3n) is 3.04. The van der Waals surface area contributed by atoms with Crippen molar-refractivity contribution in [2.75, 3.05) is 13.7 Å². The Morgan fingerprint density at radius 3 is 2.44 bits per heavy atom. The predicted molar refractivity (Wildman–Crippen MR) is 60.0 cm³/mol. The number of nitro groups is 1. The Morgan fingerprint density at radius 2 is 2.00 bits per heavy atom. The molecule has 106 valence electrons. The molecule has 2 atom stereocenters. The number of hydrogen-bond acceptors (Lipinski definition) is 3. The molecule has 1 aliphatic rings. The van der Waals surface area contributed by atoms with Crippen LogP contribution in [0.25, 0.3) is 0 Å². The van der Waals surface area contributed by atoms with E-state index in [1.54, 1.807) is 0 Å². The van der Waals surface area contributed by atoms with Crippen LogP contribution in [0.15, 0.2) is 0 Å². The minimum absolute atomic E-state index is 0.0845. The molecular formula is C11H18F3NO3. The van der Waals surface area contributed by atoms with Crippen molar-refractivity contribution in [3.8, 4) is 0 Å². The van der Waals surface area contributed by atoms with E-state index in [4.69, 9.17) is 0 Å². The van der Waals surface area contributed by atoms with Crippen molar-refractivity contribution in [2.45, 2.75) is 38.5 Å². The molecule has 7 heteroatoms. The Morgan fingerprint density at radius 1 is 1.39 bits per heavy atom. The van der Waals surface area contributed by atoms with Crippen LogP contribution in [0.1, 0.15) is 32.1 Å². The van der Waals surface area contributed by atoms with Crippen molar-refractivity contribution in [1.29, 1.82) is 0 Å². The van der Waals surface area contributed by atoms with Gasteiger partial charge in [-0.25, -0.2) is 8.78 Å². The van der Waals surface area contributed by atoms with Crippen LogP contribution in [-0.2, 0) is 4.79 Å². The molecule has 1 rings (SSSR count). The molecule has 0 aliphatic heterocycles. The second-order valence-corrected chi connectivity index (χ2v) is 4.22. The summed E-state index contributed by atoms with van der Waals surface area (Å²) in [7, 11) is 0.500. The van der Waals surface area contributed by atoms with E-state index >= 15 is 0 Å². The van der Waals surface area contributed by atoms with E-state index in [0.717, 1.165) is 12.8 Å². The van der Waals surface area contributed by atoms with E-state index in [1.165, 1.54) is 0 Å². The van der Waals surface area contributed by atoms with Crippen LogP contribution in [0.5, 0.6) is 0 Å². The molecule has 0 aromatic carbocycles.